The molecule has 0 saturated heterocycles. The second kappa shape index (κ2) is 5.23. The zero-order valence-electron chi connectivity index (χ0n) is 10.1. The Bertz CT molecular complexity index is 496. The van der Waals surface area contributed by atoms with Crippen molar-refractivity contribution in [2.75, 3.05) is 7.05 Å². The fourth-order valence-corrected chi connectivity index (χ4v) is 1.71. The van der Waals surface area contributed by atoms with Gasteiger partial charge < -0.3 is 5.32 Å². The average molecular weight is 211 g/mol. The molecule has 0 bridgehead atoms. The van der Waals surface area contributed by atoms with Gasteiger partial charge in [0.2, 0.25) is 0 Å². The van der Waals surface area contributed by atoms with Crippen LogP contribution in [0.5, 0.6) is 0 Å². The van der Waals surface area contributed by atoms with Gasteiger partial charge in [-0.2, -0.15) is 0 Å². The molecule has 0 aliphatic rings. The molecule has 0 saturated carbocycles. The Balaban J connectivity index is 3.59. The first-order valence-corrected chi connectivity index (χ1v) is 5.20. The molecule has 0 unspecified atom stereocenters. The van der Waals surface area contributed by atoms with E-state index < -0.39 is 0 Å². The van der Waals surface area contributed by atoms with Crippen LogP contribution in [-0.4, -0.2) is 7.05 Å². The van der Waals surface area contributed by atoms with Gasteiger partial charge in [-0.15, -0.1) is 11.5 Å². The van der Waals surface area contributed by atoms with E-state index in [-0.39, 0.29) is 0 Å². The van der Waals surface area contributed by atoms with Crippen molar-refractivity contribution >= 4 is 11.3 Å². The Morgan fingerprint density at radius 1 is 1.25 bits per heavy atom. The highest BCUT2D eigenvalue weighted by Crippen LogP contribution is 2.25. The van der Waals surface area contributed by atoms with Gasteiger partial charge in [0.15, 0.2) is 0 Å². The lowest BCUT2D eigenvalue weighted by Gasteiger charge is -2.13. The molecular formula is C15H17N. The third-order valence-corrected chi connectivity index (χ3v) is 2.62. The molecule has 16 heavy (non-hydrogen) atoms. The molecule has 1 rings (SSSR count). The summed E-state index contributed by atoms with van der Waals surface area (Å²) in [5.41, 5.74) is 11.2. The summed E-state index contributed by atoms with van der Waals surface area (Å²) in [6.07, 6.45) is 0. The van der Waals surface area contributed by atoms with Gasteiger partial charge in [-0.05, 0) is 30.5 Å². The van der Waals surface area contributed by atoms with Gasteiger partial charge >= 0.3 is 0 Å². The molecule has 0 aliphatic heterocycles. The van der Waals surface area contributed by atoms with Gasteiger partial charge in [-0.3, -0.25) is 0 Å². The first-order valence-electron chi connectivity index (χ1n) is 5.20. The molecule has 0 spiro atoms. The summed E-state index contributed by atoms with van der Waals surface area (Å²) in [5, 5.41) is 3.11. The lowest BCUT2D eigenvalue weighted by Crippen LogP contribution is -2.07. The van der Waals surface area contributed by atoms with Crippen LogP contribution < -0.4 is 5.32 Å². The van der Waals surface area contributed by atoms with Gasteiger partial charge in [-0.1, -0.05) is 31.4 Å². The molecule has 82 valence electrons. The molecule has 1 N–H and O–H groups in total. The second-order valence-electron chi connectivity index (χ2n) is 3.60. The monoisotopic (exact) mass is 211 g/mol. The van der Waals surface area contributed by atoms with E-state index in [4.69, 9.17) is 0 Å². The van der Waals surface area contributed by atoms with Crippen LogP contribution >= 0.6 is 0 Å². The minimum atomic E-state index is 0.905. The van der Waals surface area contributed by atoms with Crippen molar-refractivity contribution in [2.24, 2.45) is 0 Å². The fourth-order valence-electron chi connectivity index (χ4n) is 1.71. The summed E-state index contributed by atoms with van der Waals surface area (Å²) in [6.45, 7) is 11.5. The molecular weight excluding hydrogens is 194 g/mol. The Kier molecular flexibility index (Phi) is 3.96. The zero-order chi connectivity index (χ0) is 12.1. The maximum atomic E-state index is 3.71. The molecule has 0 aromatic heterocycles. The molecule has 1 nitrogen and oxygen atoms in total. The van der Waals surface area contributed by atoms with Crippen molar-refractivity contribution in [3.8, 4) is 0 Å². The predicted octanol–water partition coefficient (Wildman–Crippen LogP) is 3.53. The van der Waals surface area contributed by atoms with E-state index in [1.54, 1.807) is 0 Å². The van der Waals surface area contributed by atoms with E-state index in [0.29, 0.717) is 0 Å². The number of benzene rings is 1. The van der Waals surface area contributed by atoms with Crippen LogP contribution in [0.1, 0.15) is 23.6 Å². The normalized spacial score (nSPS) is 8.94. The van der Waals surface area contributed by atoms with E-state index in [0.717, 1.165) is 22.4 Å². The Morgan fingerprint density at radius 3 is 2.44 bits per heavy atom. The molecule has 0 aliphatic carbocycles. The minimum Gasteiger partial charge on any atom is -0.381 e. The number of nitrogens with one attached hydrogen (secondary N) is 1. The lowest BCUT2D eigenvalue weighted by atomic mass is 9.95. The van der Waals surface area contributed by atoms with Crippen LogP contribution in [0.2, 0.25) is 0 Å². The molecule has 0 amide bonds. The third-order valence-electron chi connectivity index (χ3n) is 2.62. The summed E-state index contributed by atoms with van der Waals surface area (Å²) in [4.78, 5) is 0. The zero-order valence-corrected chi connectivity index (χ0v) is 10.1. The quantitative estimate of drug-likeness (QED) is 0.754. The summed E-state index contributed by atoms with van der Waals surface area (Å²) in [6, 6.07) is 6.17. The van der Waals surface area contributed by atoms with Crippen molar-refractivity contribution < 1.29 is 0 Å². The predicted molar refractivity (Wildman–Crippen MR) is 71.0 cm³/mol. The molecule has 1 aromatic rings. The van der Waals surface area contributed by atoms with E-state index in [9.17, 15) is 0 Å². The van der Waals surface area contributed by atoms with Crippen molar-refractivity contribution in [1.82, 2.24) is 5.32 Å². The van der Waals surface area contributed by atoms with E-state index >= 15 is 0 Å². The number of allylic oxidation sites excluding steroid dienone is 1. The first-order chi connectivity index (χ1) is 7.65. The highest BCUT2D eigenvalue weighted by molar-refractivity contribution is 5.79. The smallest absolute Gasteiger partial charge is 0.0847 e. The molecule has 0 heterocycles. The van der Waals surface area contributed by atoms with E-state index in [1.165, 1.54) is 5.56 Å². The molecule has 0 radical (unpaired) electrons. The lowest BCUT2D eigenvalue weighted by molar-refractivity contribution is 1.12. The van der Waals surface area contributed by atoms with Crippen LogP contribution in [-0.2, 0) is 0 Å². The van der Waals surface area contributed by atoms with E-state index in [2.05, 4.69) is 49.0 Å². The van der Waals surface area contributed by atoms with Gasteiger partial charge in [0.05, 0.1) is 5.70 Å². The largest absolute Gasteiger partial charge is 0.381 e. The highest BCUT2D eigenvalue weighted by atomic mass is 14.8. The summed E-state index contributed by atoms with van der Waals surface area (Å²) < 4.78 is 0. The number of aryl methyl sites for hydroxylation is 1. The Hall–Kier alpha value is -1.94. The van der Waals surface area contributed by atoms with Crippen molar-refractivity contribution in [3.05, 3.63) is 59.5 Å². The Labute approximate surface area is 97.5 Å². The summed E-state index contributed by atoms with van der Waals surface area (Å²) >= 11 is 0. The van der Waals surface area contributed by atoms with Gasteiger partial charge in [0, 0.05) is 12.6 Å². The summed E-state index contributed by atoms with van der Waals surface area (Å²) in [7, 11) is 1.87. The average Bonchev–Trinajstić information content (AvgIpc) is 2.31. The van der Waals surface area contributed by atoms with Crippen molar-refractivity contribution in [1.29, 1.82) is 0 Å². The van der Waals surface area contributed by atoms with Crippen molar-refractivity contribution in [3.63, 3.8) is 0 Å². The van der Waals surface area contributed by atoms with Gasteiger partial charge in [-0.25, -0.2) is 0 Å². The molecule has 1 heteroatoms. The van der Waals surface area contributed by atoms with Crippen LogP contribution in [0.4, 0.5) is 0 Å². The number of hydrogen-bond donors (Lipinski definition) is 1. The SMILES string of the molecule is C=C=C(C)c1cccc(C)c1C(=C=C)NC. The third kappa shape index (κ3) is 2.17. The van der Waals surface area contributed by atoms with Crippen LogP contribution in [0.3, 0.4) is 0 Å². The van der Waals surface area contributed by atoms with Gasteiger partial charge in [0.1, 0.15) is 0 Å². The topological polar surface area (TPSA) is 12.0 Å². The van der Waals surface area contributed by atoms with Crippen LogP contribution in [0, 0.1) is 6.92 Å². The standard InChI is InChI=1S/C15H17N/c1-6-11(3)13-10-8-9-12(4)15(13)14(7-2)16-5/h8-10,16H,1-2H2,3-5H3. The van der Waals surface area contributed by atoms with E-state index in [1.807, 2.05) is 20.0 Å². The molecule has 0 atom stereocenters. The highest BCUT2D eigenvalue weighted by Gasteiger charge is 2.10. The second-order valence-corrected chi connectivity index (χ2v) is 3.60. The number of rotatable bonds is 3. The minimum absolute atomic E-state index is 0.905. The fraction of sp³-hybridized carbons (Fsp3) is 0.200. The number of hydrogen-bond acceptors (Lipinski definition) is 1. The maximum absolute atomic E-state index is 3.71. The van der Waals surface area contributed by atoms with Crippen LogP contribution in [0.15, 0.2) is 42.8 Å². The summed E-state index contributed by atoms with van der Waals surface area (Å²) in [5.74, 6) is 0. The van der Waals surface area contributed by atoms with Crippen LogP contribution in [0.25, 0.3) is 11.3 Å². The van der Waals surface area contributed by atoms with Gasteiger partial charge in [0.25, 0.3) is 0 Å². The maximum Gasteiger partial charge on any atom is 0.0847 e. The Morgan fingerprint density at radius 2 is 1.94 bits per heavy atom. The molecule has 1 aromatic carbocycles. The first kappa shape index (κ1) is 12.1. The molecule has 0 fully saturated rings. The van der Waals surface area contributed by atoms with Crippen molar-refractivity contribution in [2.45, 2.75) is 13.8 Å².